The van der Waals surface area contributed by atoms with Crippen LogP contribution in [0.25, 0.3) is 0 Å². The van der Waals surface area contributed by atoms with E-state index in [1.807, 2.05) is 6.92 Å². The van der Waals surface area contributed by atoms with Crippen molar-refractivity contribution in [2.75, 3.05) is 19.3 Å². The Morgan fingerprint density at radius 3 is 2.57 bits per heavy atom. The van der Waals surface area contributed by atoms with Crippen molar-refractivity contribution in [1.82, 2.24) is 15.4 Å². The van der Waals surface area contributed by atoms with Gasteiger partial charge >= 0.3 is 0 Å². The van der Waals surface area contributed by atoms with Gasteiger partial charge < -0.3 is 10.6 Å². The number of carbonyl (C=O) groups excluding carboxylic acids is 2. The minimum atomic E-state index is -3.21. The minimum absolute atomic E-state index is 0.214. The van der Waals surface area contributed by atoms with E-state index in [1.165, 1.54) is 11.3 Å². The summed E-state index contributed by atoms with van der Waals surface area (Å²) in [5.74, 6) is -0.522. The highest BCUT2D eigenvalue weighted by atomic mass is 32.2. The molecule has 0 radical (unpaired) electrons. The highest BCUT2D eigenvalue weighted by Crippen LogP contribution is 2.17. The Labute approximate surface area is 140 Å². The van der Waals surface area contributed by atoms with Gasteiger partial charge in [-0.05, 0) is 31.9 Å². The SMILES string of the molecule is CCCNC(=O)C(C)NC(=O)c1ccc(CCNS(C)(=O)=O)s1. The van der Waals surface area contributed by atoms with Gasteiger partial charge in [-0.15, -0.1) is 11.3 Å². The monoisotopic (exact) mass is 361 g/mol. The first-order valence-electron chi connectivity index (χ1n) is 7.35. The van der Waals surface area contributed by atoms with Crippen molar-refractivity contribution in [3.8, 4) is 0 Å². The van der Waals surface area contributed by atoms with Crippen LogP contribution in [-0.4, -0.2) is 45.6 Å². The van der Waals surface area contributed by atoms with Crippen LogP contribution in [0.2, 0.25) is 0 Å². The topological polar surface area (TPSA) is 104 Å². The third-order valence-electron chi connectivity index (χ3n) is 2.91. The van der Waals surface area contributed by atoms with E-state index < -0.39 is 16.1 Å². The summed E-state index contributed by atoms with van der Waals surface area (Å²) in [4.78, 5) is 25.2. The van der Waals surface area contributed by atoms with Gasteiger partial charge in [0.1, 0.15) is 6.04 Å². The van der Waals surface area contributed by atoms with E-state index in [0.717, 1.165) is 17.6 Å². The van der Waals surface area contributed by atoms with Gasteiger partial charge in [0.05, 0.1) is 11.1 Å². The molecule has 0 saturated heterocycles. The molecule has 0 spiro atoms. The van der Waals surface area contributed by atoms with Crippen molar-refractivity contribution in [3.05, 3.63) is 21.9 Å². The number of thiophene rings is 1. The zero-order chi connectivity index (χ0) is 17.5. The summed E-state index contributed by atoms with van der Waals surface area (Å²) in [6.07, 6.45) is 2.45. The molecule has 2 amide bonds. The summed E-state index contributed by atoms with van der Waals surface area (Å²) >= 11 is 1.28. The lowest BCUT2D eigenvalue weighted by Gasteiger charge is -2.12. The minimum Gasteiger partial charge on any atom is -0.354 e. The molecular weight excluding hydrogens is 338 g/mol. The Kier molecular flexibility index (Phi) is 7.66. The summed E-state index contributed by atoms with van der Waals surface area (Å²) in [6.45, 7) is 4.45. The number of hydrogen-bond acceptors (Lipinski definition) is 5. The van der Waals surface area contributed by atoms with Crippen molar-refractivity contribution in [2.24, 2.45) is 0 Å². The zero-order valence-corrected chi connectivity index (χ0v) is 15.1. The highest BCUT2D eigenvalue weighted by molar-refractivity contribution is 7.88. The summed E-state index contributed by atoms with van der Waals surface area (Å²) in [5, 5.41) is 5.37. The third-order valence-corrected chi connectivity index (χ3v) is 4.78. The molecule has 1 aromatic rings. The molecule has 0 aliphatic carbocycles. The molecule has 1 atom stereocenters. The molecule has 130 valence electrons. The molecule has 0 aromatic carbocycles. The van der Waals surface area contributed by atoms with Crippen molar-refractivity contribution in [1.29, 1.82) is 0 Å². The fourth-order valence-electron chi connectivity index (χ4n) is 1.73. The van der Waals surface area contributed by atoms with Crippen LogP contribution in [0.15, 0.2) is 12.1 Å². The molecule has 1 unspecified atom stereocenters. The van der Waals surface area contributed by atoms with Gasteiger partial charge in [0, 0.05) is 18.0 Å². The molecule has 1 aromatic heterocycles. The van der Waals surface area contributed by atoms with Crippen LogP contribution in [-0.2, 0) is 21.2 Å². The predicted octanol–water partition coefficient (Wildman–Crippen LogP) is 0.484. The Morgan fingerprint density at radius 2 is 1.96 bits per heavy atom. The van der Waals surface area contributed by atoms with E-state index in [-0.39, 0.29) is 18.4 Å². The Morgan fingerprint density at radius 1 is 1.26 bits per heavy atom. The number of carbonyl (C=O) groups is 2. The molecule has 1 rings (SSSR count). The van der Waals surface area contributed by atoms with E-state index in [9.17, 15) is 18.0 Å². The average Bonchev–Trinajstić information content (AvgIpc) is 2.92. The third kappa shape index (κ3) is 7.58. The van der Waals surface area contributed by atoms with Crippen LogP contribution in [0.3, 0.4) is 0 Å². The average molecular weight is 361 g/mol. The first-order valence-corrected chi connectivity index (χ1v) is 10.1. The molecule has 9 heteroatoms. The van der Waals surface area contributed by atoms with E-state index >= 15 is 0 Å². The molecular formula is C14H23N3O4S2. The number of hydrogen-bond donors (Lipinski definition) is 3. The normalized spacial score (nSPS) is 12.7. The number of sulfonamides is 1. The van der Waals surface area contributed by atoms with Crippen LogP contribution in [0.4, 0.5) is 0 Å². The molecule has 0 saturated carbocycles. The maximum Gasteiger partial charge on any atom is 0.261 e. The van der Waals surface area contributed by atoms with Gasteiger partial charge in [-0.1, -0.05) is 6.92 Å². The molecule has 0 bridgehead atoms. The van der Waals surface area contributed by atoms with E-state index in [2.05, 4.69) is 15.4 Å². The van der Waals surface area contributed by atoms with Crippen LogP contribution >= 0.6 is 11.3 Å². The standard InChI is InChI=1S/C14H23N3O4S2/c1-4-8-15-13(18)10(2)17-14(19)12-6-5-11(22-12)7-9-16-23(3,20)21/h5-6,10,16H,4,7-9H2,1-3H3,(H,15,18)(H,17,19). The van der Waals surface area contributed by atoms with Crippen molar-refractivity contribution in [3.63, 3.8) is 0 Å². The fourth-order valence-corrected chi connectivity index (χ4v) is 3.11. The summed E-state index contributed by atoms with van der Waals surface area (Å²) < 4.78 is 24.4. The van der Waals surface area contributed by atoms with Gasteiger partial charge in [0.15, 0.2) is 0 Å². The number of amides is 2. The molecule has 3 N–H and O–H groups in total. The van der Waals surface area contributed by atoms with E-state index in [4.69, 9.17) is 0 Å². The molecule has 0 aliphatic rings. The second-order valence-electron chi connectivity index (χ2n) is 5.17. The second-order valence-corrected chi connectivity index (χ2v) is 8.17. The second kappa shape index (κ2) is 8.99. The van der Waals surface area contributed by atoms with Crippen LogP contribution in [0.5, 0.6) is 0 Å². The maximum absolute atomic E-state index is 12.1. The molecule has 0 aliphatic heterocycles. The predicted molar refractivity (Wildman–Crippen MR) is 91.1 cm³/mol. The van der Waals surface area contributed by atoms with Gasteiger partial charge in [0.2, 0.25) is 15.9 Å². The zero-order valence-electron chi connectivity index (χ0n) is 13.5. The van der Waals surface area contributed by atoms with Crippen LogP contribution in [0, 0.1) is 0 Å². The van der Waals surface area contributed by atoms with Crippen molar-refractivity contribution in [2.45, 2.75) is 32.7 Å². The Bertz CT molecular complexity index is 640. The van der Waals surface area contributed by atoms with Gasteiger partial charge in [0.25, 0.3) is 5.91 Å². The van der Waals surface area contributed by atoms with E-state index in [1.54, 1.807) is 19.1 Å². The number of nitrogens with one attached hydrogen (secondary N) is 3. The maximum atomic E-state index is 12.1. The lowest BCUT2D eigenvalue weighted by Crippen LogP contribution is -2.44. The molecule has 0 fully saturated rings. The van der Waals surface area contributed by atoms with Gasteiger partial charge in [-0.2, -0.15) is 0 Å². The molecule has 1 heterocycles. The summed E-state index contributed by atoms with van der Waals surface area (Å²) in [7, 11) is -3.21. The smallest absolute Gasteiger partial charge is 0.261 e. The molecule has 7 nitrogen and oxygen atoms in total. The quantitative estimate of drug-likeness (QED) is 0.595. The summed E-state index contributed by atoms with van der Waals surface area (Å²) in [5.41, 5.74) is 0. The Hall–Kier alpha value is -1.45. The Balaban J connectivity index is 2.50. The van der Waals surface area contributed by atoms with E-state index in [0.29, 0.717) is 17.8 Å². The largest absolute Gasteiger partial charge is 0.354 e. The van der Waals surface area contributed by atoms with Gasteiger partial charge in [-0.3, -0.25) is 9.59 Å². The van der Waals surface area contributed by atoms with Gasteiger partial charge in [-0.25, -0.2) is 13.1 Å². The lowest BCUT2D eigenvalue weighted by atomic mass is 10.3. The highest BCUT2D eigenvalue weighted by Gasteiger charge is 2.17. The first kappa shape index (κ1) is 19.6. The lowest BCUT2D eigenvalue weighted by molar-refractivity contribution is -0.122. The van der Waals surface area contributed by atoms with Crippen molar-refractivity contribution >= 4 is 33.2 Å². The van der Waals surface area contributed by atoms with Crippen LogP contribution in [0.1, 0.15) is 34.8 Å². The fraction of sp³-hybridized carbons (Fsp3) is 0.571. The number of rotatable bonds is 9. The summed E-state index contributed by atoms with van der Waals surface area (Å²) in [6, 6.07) is 2.85. The first-order chi connectivity index (χ1) is 10.7. The molecule has 23 heavy (non-hydrogen) atoms. The van der Waals surface area contributed by atoms with Crippen molar-refractivity contribution < 1.29 is 18.0 Å². The van der Waals surface area contributed by atoms with Crippen LogP contribution < -0.4 is 15.4 Å².